The van der Waals surface area contributed by atoms with Crippen LogP contribution in [0.25, 0.3) is 0 Å². The van der Waals surface area contributed by atoms with Crippen LogP contribution in [0.2, 0.25) is 0 Å². The molecule has 1 atom stereocenters. The van der Waals surface area contributed by atoms with Gasteiger partial charge in [0.15, 0.2) is 0 Å². The van der Waals surface area contributed by atoms with Gasteiger partial charge in [0.05, 0.1) is 11.5 Å². The lowest BCUT2D eigenvalue weighted by atomic mass is 10.2. The molecule has 5 nitrogen and oxygen atoms in total. The summed E-state index contributed by atoms with van der Waals surface area (Å²) in [4.78, 5) is 2.33. The van der Waals surface area contributed by atoms with E-state index >= 15 is 0 Å². The predicted molar refractivity (Wildman–Crippen MR) is 77.8 cm³/mol. The zero-order chi connectivity index (χ0) is 14.8. The minimum absolute atomic E-state index is 0.0486. The Balaban J connectivity index is 2.24. The number of aliphatic hydroxyl groups excluding tert-OH is 1. The van der Waals surface area contributed by atoms with Crippen molar-refractivity contribution in [3.8, 4) is 0 Å². The van der Waals surface area contributed by atoms with E-state index in [0.717, 1.165) is 24.9 Å². The van der Waals surface area contributed by atoms with Crippen LogP contribution in [-0.4, -0.2) is 56.0 Å². The van der Waals surface area contributed by atoms with Crippen molar-refractivity contribution in [3.63, 3.8) is 0 Å². The highest BCUT2D eigenvalue weighted by Crippen LogP contribution is 2.26. The molecule has 1 N–H and O–H groups in total. The molecule has 1 aromatic rings. The van der Waals surface area contributed by atoms with Crippen molar-refractivity contribution in [1.82, 2.24) is 9.21 Å². The van der Waals surface area contributed by atoms with E-state index in [1.165, 1.54) is 0 Å². The number of aliphatic hydroxyl groups is 1. The maximum atomic E-state index is 12.7. The first-order chi connectivity index (χ1) is 9.45. The molecule has 6 heteroatoms. The quantitative estimate of drug-likeness (QED) is 0.877. The first-order valence-corrected chi connectivity index (χ1v) is 8.25. The number of nitrogens with zero attached hydrogens (tertiary/aromatic N) is 2. The van der Waals surface area contributed by atoms with Crippen LogP contribution in [-0.2, 0) is 16.6 Å². The Hall–Kier alpha value is -0.950. The van der Waals surface area contributed by atoms with E-state index in [2.05, 4.69) is 0 Å². The van der Waals surface area contributed by atoms with Crippen molar-refractivity contribution >= 4 is 10.0 Å². The summed E-state index contributed by atoms with van der Waals surface area (Å²) in [6.07, 6.45) is 1.82. The monoisotopic (exact) mass is 298 g/mol. The maximum Gasteiger partial charge on any atom is 0.243 e. The summed E-state index contributed by atoms with van der Waals surface area (Å²) in [5.74, 6) is 0. The van der Waals surface area contributed by atoms with Gasteiger partial charge in [-0.05, 0) is 44.6 Å². The molecular weight excluding hydrogens is 276 g/mol. The van der Waals surface area contributed by atoms with Crippen LogP contribution >= 0.6 is 0 Å². The zero-order valence-electron chi connectivity index (χ0n) is 12.0. The number of hydrogen-bond acceptors (Lipinski definition) is 4. The van der Waals surface area contributed by atoms with E-state index in [1.807, 2.05) is 19.0 Å². The molecule has 112 valence electrons. The molecule has 0 saturated carbocycles. The van der Waals surface area contributed by atoms with E-state index in [9.17, 15) is 8.42 Å². The van der Waals surface area contributed by atoms with E-state index in [0.29, 0.717) is 11.4 Å². The third kappa shape index (κ3) is 3.20. The van der Waals surface area contributed by atoms with Crippen LogP contribution in [0.5, 0.6) is 0 Å². The summed E-state index contributed by atoms with van der Waals surface area (Å²) in [7, 11) is 0.482. The van der Waals surface area contributed by atoms with E-state index in [1.54, 1.807) is 28.6 Å². The molecule has 1 unspecified atom stereocenters. The fourth-order valence-electron chi connectivity index (χ4n) is 2.63. The Morgan fingerprint density at radius 3 is 2.50 bits per heavy atom. The normalized spacial score (nSPS) is 20.7. The van der Waals surface area contributed by atoms with Crippen molar-refractivity contribution < 1.29 is 13.5 Å². The van der Waals surface area contributed by atoms with Crippen LogP contribution in [0.15, 0.2) is 29.2 Å². The minimum Gasteiger partial charge on any atom is -0.392 e. The van der Waals surface area contributed by atoms with Crippen molar-refractivity contribution in [2.45, 2.75) is 30.4 Å². The van der Waals surface area contributed by atoms with Gasteiger partial charge >= 0.3 is 0 Å². The molecular formula is C14H22N2O3S. The Bertz CT molecular complexity index is 540. The second-order valence-electron chi connectivity index (χ2n) is 5.48. The lowest BCUT2D eigenvalue weighted by Gasteiger charge is -2.26. The van der Waals surface area contributed by atoms with Gasteiger partial charge in [0.1, 0.15) is 0 Å². The first-order valence-electron chi connectivity index (χ1n) is 6.81. The summed E-state index contributed by atoms with van der Waals surface area (Å²) >= 11 is 0. The fraction of sp³-hybridized carbons (Fsp3) is 0.571. The average molecular weight is 298 g/mol. The standard InChI is InChI=1S/C14H22N2O3S/c1-15(2)10-13-4-3-9-16(13)20(18,19)14-7-5-12(11-17)6-8-14/h5-8,13,17H,3-4,9-11H2,1-2H3. The summed E-state index contributed by atoms with van der Waals surface area (Å²) < 4.78 is 27.0. The zero-order valence-corrected chi connectivity index (χ0v) is 12.8. The summed E-state index contributed by atoms with van der Waals surface area (Å²) in [6, 6.07) is 6.51. The molecule has 1 aliphatic heterocycles. The highest BCUT2D eigenvalue weighted by Gasteiger charge is 2.35. The predicted octanol–water partition coefficient (Wildman–Crippen LogP) is 0.894. The molecule has 0 bridgehead atoms. The fourth-order valence-corrected chi connectivity index (χ4v) is 4.32. The summed E-state index contributed by atoms with van der Waals surface area (Å²) in [5, 5.41) is 9.02. The average Bonchev–Trinajstić information content (AvgIpc) is 2.87. The molecule has 0 spiro atoms. The molecule has 1 aromatic carbocycles. The van der Waals surface area contributed by atoms with Crippen molar-refractivity contribution in [2.75, 3.05) is 27.2 Å². The molecule has 1 heterocycles. The number of hydrogen-bond donors (Lipinski definition) is 1. The van der Waals surface area contributed by atoms with Gasteiger partial charge in [0.25, 0.3) is 0 Å². The number of sulfonamides is 1. The Labute approximate surface area is 120 Å². The van der Waals surface area contributed by atoms with Gasteiger partial charge in [0, 0.05) is 19.1 Å². The highest BCUT2D eigenvalue weighted by molar-refractivity contribution is 7.89. The van der Waals surface area contributed by atoms with Crippen LogP contribution in [0, 0.1) is 0 Å². The van der Waals surface area contributed by atoms with Crippen LogP contribution in [0.4, 0.5) is 0 Å². The SMILES string of the molecule is CN(C)CC1CCCN1S(=O)(=O)c1ccc(CO)cc1. The Morgan fingerprint density at radius 1 is 1.30 bits per heavy atom. The van der Waals surface area contributed by atoms with Crippen molar-refractivity contribution in [2.24, 2.45) is 0 Å². The highest BCUT2D eigenvalue weighted by atomic mass is 32.2. The minimum atomic E-state index is -3.43. The lowest BCUT2D eigenvalue weighted by molar-refractivity contribution is 0.281. The first kappa shape index (κ1) is 15.4. The number of rotatable bonds is 5. The van der Waals surface area contributed by atoms with Crippen LogP contribution in [0.3, 0.4) is 0 Å². The molecule has 2 rings (SSSR count). The number of likely N-dealkylation sites (N-methyl/N-ethyl adjacent to an activating group) is 1. The molecule has 1 saturated heterocycles. The second kappa shape index (κ2) is 6.22. The summed E-state index contributed by atoms with van der Waals surface area (Å²) in [5.41, 5.74) is 0.718. The van der Waals surface area contributed by atoms with Gasteiger partial charge in [-0.1, -0.05) is 12.1 Å². The molecule has 1 aliphatic rings. The van der Waals surface area contributed by atoms with Gasteiger partial charge in [-0.25, -0.2) is 8.42 Å². The molecule has 0 aromatic heterocycles. The Morgan fingerprint density at radius 2 is 1.95 bits per heavy atom. The van der Waals surface area contributed by atoms with Crippen molar-refractivity contribution in [3.05, 3.63) is 29.8 Å². The molecule has 0 radical (unpaired) electrons. The smallest absolute Gasteiger partial charge is 0.243 e. The summed E-state index contributed by atoms with van der Waals surface area (Å²) in [6.45, 7) is 1.25. The van der Waals surface area contributed by atoms with Gasteiger partial charge in [-0.15, -0.1) is 0 Å². The van der Waals surface area contributed by atoms with Gasteiger partial charge in [-0.2, -0.15) is 4.31 Å². The maximum absolute atomic E-state index is 12.7. The number of benzene rings is 1. The molecule has 0 aliphatic carbocycles. The van der Waals surface area contributed by atoms with Crippen molar-refractivity contribution in [1.29, 1.82) is 0 Å². The second-order valence-corrected chi connectivity index (χ2v) is 7.37. The van der Waals surface area contributed by atoms with E-state index in [-0.39, 0.29) is 12.6 Å². The molecule has 20 heavy (non-hydrogen) atoms. The molecule has 1 fully saturated rings. The van der Waals surface area contributed by atoms with E-state index in [4.69, 9.17) is 5.11 Å². The Kier molecular flexibility index (Phi) is 4.80. The molecule has 0 amide bonds. The van der Waals surface area contributed by atoms with Crippen LogP contribution < -0.4 is 0 Å². The third-order valence-electron chi connectivity index (χ3n) is 3.61. The van der Waals surface area contributed by atoms with Crippen LogP contribution in [0.1, 0.15) is 18.4 Å². The lowest BCUT2D eigenvalue weighted by Crippen LogP contribution is -2.41. The van der Waals surface area contributed by atoms with Gasteiger partial charge in [0.2, 0.25) is 10.0 Å². The largest absolute Gasteiger partial charge is 0.392 e. The topological polar surface area (TPSA) is 60.9 Å². The third-order valence-corrected chi connectivity index (χ3v) is 5.58. The van der Waals surface area contributed by atoms with E-state index < -0.39 is 10.0 Å². The van der Waals surface area contributed by atoms with Gasteiger partial charge < -0.3 is 10.0 Å². The van der Waals surface area contributed by atoms with Gasteiger partial charge in [-0.3, -0.25) is 0 Å².